The van der Waals surface area contributed by atoms with Crippen molar-refractivity contribution >= 4 is 27.3 Å². The molecule has 1 N–H and O–H groups in total. The number of methoxy groups -OCH3 is 2. The van der Waals surface area contributed by atoms with Gasteiger partial charge >= 0.3 is 0 Å². The first kappa shape index (κ1) is 16.5. The van der Waals surface area contributed by atoms with Crippen molar-refractivity contribution in [3.63, 3.8) is 0 Å². The van der Waals surface area contributed by atoms with E-state index in [0.29, 0.717) is 16.5 Å². The molecule has 0 aliphatic rings. The monoisotopic (exact) mass is 341 g/mol. The van der Waals surface area contributed by atoms with E-state index in [1.807, 2.05) is 6.92 Å². The Bertz CT molecular complexity index is 773. The second-order valence-corrected chi connectivity index (χ2v) is 6.67. The molecule has 0 aliphatic carbocycles. The van der Waals surface area contributed by atoms with Crippen LogP contribution in [0.15, 0.2) is 41.3 Å². The molecule has 2 aromatic rings. The summed E-state index contributed by atoms with van der Waals surface area (Å²) in [7, 11) is -0.913. The molecule has 5 nitrogen and oxygen atoms in total. The quantitative estimate of drug-likeness (QED) is 0.904. The van der Waals surface area contributed by atoms with Crippen molar-refractivity contribution in [1.29, 1.82) is 0 Å². The SMILES string of the molecule is COc1cc(S(=O)(=O)Nc2ccc(Cl)cc2)c(OC)cc1C. The highest BCUT2D eigenvalue weighted by Crippen LogP contribution is 2.32. The molecule has 0 atom stereocenters. The number of benzene rings is 2. The Morgan fingerprint density at radius 2 is 1.59 bits per heavy atom. The van der Waals surface area contributed by atoms with Crippen molar-refractivity contribution < 1.29 is 17.9 Å². The summed E-state index contributed by atoms with van der Waals surface area (Å²) in [5.74, 6) is 0.719. The smallest absolute Gasteiger partial charge is 0.265 e. The fourth-order valence-corrected chi connectivity index (χ4v) is 3.31. The Morgan fingerprint density at radius 3 is 2.14 bits per heavy atom. The van der Waals surface area contributed by atoms with Crippen LogP contribution < -0.4 is 14.2 Å². The highest BCUT2D eigenvalue weighted by molar-refractivity contribution is 7.92. The Morgan fingerprint density at radius 1 is 1.00 bits per heavy atom. The van der Waals surface area contributed by atoms with Crippen LogP contribution in [0.1, 0.15) is 5.56 Å². The van der Waals surface area contributed by atoms with Crippen molar-refractivity contribution in [1.82, 2.24) is 0 Å². The number of sulfonamides is 1. The lowest BCUT2D eigenvalue weighted by molar-refractivity contribution is 0.390. The fourth-order valence-electron chi connectivity index (χ4n) is 1.96. The molecular weight excluding hydrogens is 326 g/mol. The van der Waals surface area contributed by atoms with Gasteiger partial charge in [-0.1, -0.05) is 11.6 Å². The molecule has 0 spiro atoms. The van der Waals surface area contributed by atoms with E-state index >= 15 is 0 Å². The lowest BCUT2D eigenvalue weighted by Crippen LogP contribution is -2.14. The predicted molar refractivity (Wildman–Crippen MR) is 86.5 cm³/mol. The zero-order valence-corrected chi connectivity index (χ0v) is 14.0. The lowest BCUT2D eigenvalue weighted by atomic mass is 10.2. The number of hydrogen-bond acceptors (Lipinski definition) is 4. The Labute approximate surface area is 134 Å². The van der Waals surface area contributed by atoms with E-state index in [4.69, 9.17) is 21.1 Å². The second kappa shape index (κ2) is 6.46. The number of anilines is 1. The lowest BCUT2D eigenvalue weighted by Gasteiger charge is -2.14. The number of halogens is 1. The fraction of sp³-hybridized carbons (Fsp3) is 0.200. The van der Waals surface area contributed by atoms with Crippen LogP contribution in [0.2, 0.25) is 5.02 Å². The van der Waals surface area contributed by atoms with E-state index in [2.05, 4.69) is 4.72 Å². The van der Waals surface area contributed by atoms with Crippen LogP contribution in [0.4, 0.5) is 5.69 Å². The predicted octanol–water partition coefficient (Wildman–Crippen LogP) is 3.47. The summed E-state index contributed by atoms with van der Waals surface area (Å²) in [6.07, 6.45) is 0. The van der Waals surface area contributed by atoms with Crippen LogP contribution in [-0.2, 0) is 10.0 Å². The van der Waals surface area contributed by atoms with E-state index < -0.39 is 10.0 Å². The molecule has 0 heterocycles. The zero-order chi connectivity index (χ0) is 16.3. The summed E-state index contributed by atoms with van der Waals surface area (Å²) in [5, 5.41) is 0.525. The maximum atomic E-state index is 12.6. The Kier molecular flexibility index (Phi) is 4.83. The molecule has 0 saturated heterocycles. The molecule has 0 unspecified atom stereocenters. The molecule has 0 radical (unpaired) electrons. The molecule has 2 aromatic carbocycles. The summed E-state index contributed by atoms with van der Waals surface area (Å²) in [6.45, 7) is 1.81. The molecule has 7 heteroatoms. The number of hydrogen-bond donors (Lipinski definition) is 1. The Hall–Kier alpha value is -1.92. The molecule has 0 fully saturated rings. The summed E-state index contributed by atoms with van der Waals surface area (Å²) in [5.41, 5.74) is 1.19. The summed E-state index contributed by atoms with van der Waals surface area (Å²) in [6, 6.07) is 9.43. The van der Waals surface area contributed by atoms with Crippen LogP contribution in [-0.4, -0.2) is 22.6 Å². The maximum absolute atomic E-state index is 12.6. The van der Waals surface area contributed by atoms with Gasteiger partial charge in [0, 0.05) is 16.8 Å². The maximum Gasteiger partial charge on any atom is 0.265 e. The van der Waals surface area contributed by atoms with Crippen molar-refractivity contribution in [3.8, 4) is 11.5 Å². The van der Waals surface area contributed by atoms with E-state index in [-0.39, 0.29) is 10.6 Å². The first-order valence-electron chi connectivity index (χ1n) is 6.38. The molecule has 0 amide bonds. The van der Waals surface area contributed by atoms with Gasteiger partial charge in [-0.25, -0.2) is 8.42 Å². The number of aryl methyl sites for hydroxylation is 1. The highest BCUT2D eigenvalue weighted by atomic mass is 35.5. The van der Waals surface area contributed by atoms with Gasteiger partial charge in [0.2, 0.25) is 0 Å². The van der Waals surface area contributed by atoms with Gasteiger partial charge < -0.3 is 9.47 Å². The number of rotatable bonds is 5. The standard InChI is InChI=1S/C15H16ClNO4S/c1-10-8-14(21-3)15(9-13(10)20-2)22(18,19)17-12-6-4-11(16)5-7-12/h4-9,17H,1-3H3. The molecule has 2 rings (SSSR count). The van der Waals surface area contributed by atoms with Gasteiger partial charge in [-0.05, 0) is 42.8 Å². The average molecular weight is 342 g/mol. The summed E-state index contributed by atoms with van der Waals surface area (Å²) < 4.78 is 38.0. The van der Waals surface area contributed by atoms with Gasteiger partial charge in [-0.3, -0.25) is 4.72 Å². The molecule has 0 bridgehead atoms. The van der Waals surface area contributed by atoms with E-state index in [9.17, 15) is 8.42 Å². The van der Waals surface area contributed by atoms with Gasteiger partial charge in [-0.15, -0.1) is 0 Å². The van der Waals surface area contributed by atoms with E-state index in [1.54, 1.807) is 30.3 Å². The molecule has 22 heavy (non-hydrogen) atoms. The van der Waals surface area contributed by atoms with Crippen LogP contribution in [0, 0.1) is 6.92 Å². The van der Waals surface area contributed by atoms with Crippen molar-refractivity contribution in [2.24, 2.45) is 0 Å². The van der Waals surface area contributed by atoms with Crippen LogP contribution >= 0.6 is 11.6 Å². The van der Waals surface area contributed by atoms with Crippen LogP contribution in [0.5, 0.6) is 11.5 Å². The second-order valence-electron chi connectivity index (χ2n) is 4.59. The third-order valence-corrected chi connectivity index (χ3v) is 4.72. The average Bonchev–Trinajstić information content (AvgIpc) is 2.48. The van der Waals surface area contributed by atoms with Gasteiger partial charge in [-0.2, -0.15) is 0 Å². The van der Waals surface area contributed by atoms with Crippen LogP contribution in [0.25, 0.3) is 0 Å². The van der Waals surface area contributed by atoms with Crippen molar-refractivity contribution in [3.05, 3.63) is 47.0 Å². The zero-order valence-electron chi connectivity index (χ0n) is 12.4. The van der Waals surface area contributed by atoms with Gasteiger partial charge in [0.25, 0.3) is 10.0 Å². The van der Waals surface area contributed by atoms with E-state index in [0.717, 1.165) is 5.56 Å². The third-order valence-electron chi connectivity index (χ3n) is 3.07. The van der Waals surface area contributed by atoms with Crippen molar-refractivity contribution in [2.75, 3.05) is 18.9 Å². The first-order chi connectivity index (χ1) is 10.4. The van der Waals surface area contributed by atoms with Crippen LogP contribution in [0.3, 0.4) is 0 Å². The molecule has 0 aliphatic heterocycles. The minimum Gasteiger partial charge on any atom is -0.496 e. The normalized spacial score (nSPS) is 11.1. The van der Waals surface area contributed by atoms with Crippen molar-refractivity contribution in [2.45, 2.75) is 11.8 Å². The summed E-state index contributed by atoms with van der Waals surface area (Å²) >= 11 is 5.79. The molecule has 0 saturated carbocycles. The third kappa shape index (κ3) is 3.45. The largest absolute Gasteiger partial charge is 0.496 e. The Balaban J connectivity index is 2.46. The highest BCUT2D eigenvalue weighted by Gasteiger charge is 2.22. The molecule has 0 aromatic heterocycles. The van der Waals surface area contributed by atoms with Gasteiger partial charge in [0.05, 0.1) is 14.2 Å². The molecule has 118 valence electrons. The first-order valence-corrected chi connectivity index (χ1v) is 8.24. The number of ether oxygens (including phenoxy) is 2. The van der Waals surface area contributed by atoms with Gasteiger partial charge in [0.15, 0.2) is 0 Å². The number of nitrogens with one attached hydrogen (secondary N) is 1. The molecular formula is C15H16ClNO4S. The van der Waals surface area contributed by atoms with E-state index in [1.165, 1.54) is 20.3 Å². The minimum atomic E-state index is -3.82. The van der Waals surface area contributed by atoms with Gasteiger partial charge in [0.1, 0.15) is 16.4 Å². The summed E-state index contributed by atoms with van der Waals surface area (Å²) in [4.78, 5) is 0.00685. The topological polar surface area (TPSA) is 64.6 Å². The minimum absolute atomic E-state index is 0.00685.